The lowest BCUT2D eigenvalue weighted by atomic mass is 10.1. The fourth-order valence-electron chi connectivity index (χ4n) is 3.03. The van der Waals surface area contributed by atoms with E-state index in [4.69, 9.17) is 23.2 Å². The number of hydrogen-bond donors (Lipinski definition) is 1. The number of benzene rings is 3. The minimum absolute atomic E-state index is 0.229. The van der Waals surface area contributed by atoms with Crippen LogP contribution in [0.1, 0.15) is 19.4 Å². The number of carbonyl (C=O) groups is 1. The molecule has 0 heterocycles. The van der Waals surface area contributed by atoms with Crippen LogP contribution in [0, 0.1) is 0 Å². The fraction of sp³-hybridized carbons (Fsp3) is 0.125. The molecule has 0 aliphatic rings. The number of anilines is 3. The van der Waals surface area contributed by atoms with Gasteiger partial charge in [-0.1, -0.05) is 47.5 Å². The van der Waals surface area contributed by atoms with Crippen molar-refractivity contribution in [2.75, 3.05) is 10.2 Å². The van der Waals surface area contributed by atoms with E-state index in [1.165, 1.54) is 6.08 Å². The van der Waals surface area contributed by atoms with Crippen LogP contribution in [-0.4, -0.2) is 11.9 Å². The predicted octanol–water partition coefficient (Wildman–Crippen LogP) is 7.19. The Bertz CT molecular complexity index is 999. The summed E-state index contributed by atoms with van der Waals surface area (Å²) in [4.78, 5) is 14.5. The van der Waals surface area contributed by atoms with Crippen LogP contribution < -0.4 is 10.2 Å². The van der Waals surface area contributed by atoms with Gasteiger partial charge in [-0.3, -0.25) is 4.79 Å². The van der Waals surface area contributed by atoms with Crippen molar-refractivity contribution in [1.29, 1.82) is 0 Å². The van der Waals surface area contributed by atoms with E-state index in [9.17, 15) is 4.79 Å². The Morgan fingerprint density at radius 1 is 0.931 bits per heavy atom. The van der Waals surface area contributed by atoms with Gasteiger partial charge >= 0.3 is 0 Å². The number of nitrogens with zero attached hydrogens (tertiary/aromatic N) is 1. The fourth-order valence-corrected chi connectivity index (χ4v) is 3.50. The highest BCUT2D eigenvalue weighted by Crippen LogP contribution is 2.28. The first kappa shape index (κ1) is 21.0. The molecule has 0 saturated carbocycles. The van der Waals surface area contributed by atoms with Crippen molar-refractivity contribution in [2.24, 2.45) is 0 Å². The van der Waals surface area contributed by atoms with Crippen molar-refractivity contribution >= 4 is 52.2 Å². The van der Waals surface area contributed by atoms with Crippen LogP contribution in [0.5, 0.6) is 0 Å². The molecule has 3 aromatic rings. The van der Waals surface area contributed by atoms with Crippen molar-refractivity contribution < 1.29 is 4.79 Å². The highest BCUT2D eigenvalue weighted by molar-refractivity contribution is 6.35. The van der Waals surface area contributed by atoms with Crippen LogP contribution in [-0.2, 0) is 4.79 Å². The van der Waals surface area contributed by atoms with E-state index in [0.717, 1.165) is 22.6 Å². The zero-order chi connectivity index (χ0) is 20.8. The number of halogens is 2. The van der Waals surface area contributed by atoms with Gasteiger partial charge in [-0.2, -0.15) is 0 Å². The Morgan fingerprint density at radius 3 is 2.21 bits per heavy atom. The molecule has 0 radical (unpaired) electrons. The summed E-state index contributed by atoms with van der Waals surface area (Å²) in [6.07, 6.45) is 3.12. The minimum Gasteiger partial charge on any atom is -0.339 e. The summed E-state index contributed by atoms with van der Waals surface area (Å²) in [5, 5.41) is 3.92. The van der Waals surface area contributed by atoms with Crippen LogP contribution >= 0.6 is 23.2 Å². The topological polar surface area (TPSA) is 32.3 Å². The van der Waals surface area contributed by atoms with Gasteiger partial charge in [0, 0.05) is 39.2 Å². The van der Waals surface area contributed by atoms with Crippen molar-refractivity contribution in [3.05, 3.63) is 94.5 Å². The Labute approximate surface area is 181 Å². The van der Waals surface area contributed by atoms with Gasteiger partial charge in [-0.25, -0.2) is 0 Å². The number of para-hydroxylation sites is 1. The summed E-state index contributed by atoms with van der Waals surface area (Å²) in [7, 11) is 0. The molecular weight excluding hydrogens is 403 g/mol. The first-order valence-corrected chi connectivity index (χ1v) is 10.1. The monoisotopic (exact) mass is 424 g/mol. The molecule has 0 bridgehead atoms. The number of carbonyl (C=O) groups excluding carboxylic acids is 1. The van der Waals surface area contributed by atoms with E-state index in [0.29, 0.717) is 16.1 Å². The second-order valence-corrected chi connectivity index (χ2v) is 7.68. The van der Waals surface area contributed by atoms with Gasteiger partial charge in [0.05, 0.1) is 0 Å². The Kier molecular flexibility index (Phi) is 6.97. The van der Waals surface area contributed by atoms with Crippen LogP contribution in [0.2, 0.25) is 10.0 Å². The zero-order valence-electron chi connectivity index (χ0n) is 16.3. The van der Waals surface area contributed by atoms with Gasteiger partial charge in [0.2, 0.25) is 5.91 Å². The van der Waals surface area contributed by atoms with Crippen molar-refractivity contribution in [2.45, 2.75) is 19.9 Å². The Balaban J connectivity index is 1.69. The molecule has 0 saturated heterocycles. The maximum absolute atomic E-state index is 12.2. The van der Waals surface area contributed by atoms with Crippen LogP contribution in [0.4, 0.5) is 17.1 Å². The third kappa shape index (κ3) is 5.63. The van der Waals surface area contributed by atoms with Crippen molar-refractivity contribution in [1.82, 2.24) is 0 Å². The highest BCUT2D eigenvalue weighted by atomic mass is 35.5. The number of nitrogens with one attached hydrogen (secondary N) is 1. The lowest BCUT2D eigenvalue weighted by Gasteiger charge is -2.29. The third-order valence-electron chi connectivity index (χ3n) is 4.34. The summed E-state index contributed by atoms with van der Waals surface area (Å²) >= 11 is 12.0. The standard InChI is InChI=1S/C24H22Cl2N2O/c1-17(2)28(21-6-4-3-5-7-21)22-13-11-20(12-14-22)27-24(29)15-9-18-8-10-19(25)16-23(18)26/h3-17H,1-2H3,(H,27,29)/b15-9+. The maximum Gasteiger partial charge on any atom is 0.248 e. The molecular formula is C24H22Cl2N2O. The van der Waals surface area contributed by atoms with Gasteiger partial charge in [-0.15, -0.1) is 0 Å². The smallest absolute Gasteiger partial charge is 0.248 e. The number of amides is 1. The van der Waals surface area contributed by atoms with E-state index < -0.39 is 0 Å². The molecule has 0 atom stereocenters. The SMILES string of the molecule is CC(C)N(c1ccccc1)c1ccc(NC(=O)/C=C/c2ccc(Cl)cc2Cl)cc1. The van der Waals surface area contributed by atoms with E-state index in [-0.39, 0.29) is 5.91 Å². The average molecular weight is 425 g/mol. The summed E-state index contributed by atoms with van der Waals surface area (Å²) in [6, 6.07) is 23.5. The molecule has 3 rings (SSSR count). The molecule has 1 N–H and O–H groups in total. The minimum atomic E-state index is -0.229. The summed E-state index contributed by atoms with van der Waals surface area (Å²) in [5.41, 5.74) is 3.65. The third-order valence-corrected chi connectivity index (χ3v) is 4.90. The van der Waals surface area contributed by atoms with E-state index in [1.54, 1.807) is 24.3 Å². The van der Waals surface area contributed by atoms with Crippen LogP contribution in [0.15, 0.2) is 78.9 Å². The van der Waals surface area contributed by atoms with Gasteiger partial charge in [0.15, 0.2) is 0 Å². The lowest BCUT2D eigenvalue weighted by Crippen LogP contribution is -2.25. The Morgan fingerprint density at radius 2 is 1.59 bits per heavy atom. The molecule has 0 aromatic heterocycles. The summed E-state index contributed by atoms with van der Waals surface area (Å²) in [5.74, 6) is -0.229. The van der Waals surface area contributed by atoms with E-state index in [2.05, 4.69) is 36.2 Å². The second kappa shape index (κ2) is 9.64. The van der Waals surface area contributed by atoms with Crippen LogP contribution in [0.25, 0.3) is 6.08 Å². The quantitative estimate of drug-likeness (QED) is 0.424. The molecule has 3 nitrogen and oxygen atoms in total. The molecule has 29 heavy (non-hydrogen) atoms. The van der Waals surface area contributed by atoms with E-state index in [1.807, 2.05) is 42.5 Å². The molecule has 0 spiro atoms. The van der Waals surface area contributed by atoms with Crippen molar-refractivity contribution in [3.63, 3.8) is 0 Å². The lowest BCUT2D eigenvalue weighted by molar-refractivity contribution is -0.111. The van der Waals surface area contributed by atoms with Crippen molar-refractivity contribution in [3.8, 4) is 0 Å². The second-order valence-electron chi connectivity index (χ2n) is 6.83. The first-order valence-electron chi connectivity index (χ1n) is 9.32. The zero-order valence-corrected chi connectivity index (χ0v) is 17.8. The predicted molar refractivity (Wildman–Crippen MR) is 124 cm³/mol. The average Bonchev–Trinajstić information content (AvgIpc) is 2.69. The van der Waals surface area contributed by atoms with E-state index >= 15 is 0 Å². The molecule has 0 unspecified atom stereocenters. The molecule has 0 aliphatic carbocycles. The first-order chi connectivity index (χ1) is 13.9. The highest BCUT2D eigenvalue weighted by Gasteiger charge is 2.12. The molecule has 1 amide bonds. The Hall–Kier alpha value is -2.75. The molecule has 3 aromatic carbocycles. The summed E-state index contributed by atoms with van der Waals surface area (Å²) < 4.78 is 0. The van der Waals surface area contributed by atoms with Gasteiger partial charge in [0.25, 0.3) is 0 Å². The number of rotatable bonds is 6. The van der Waals surface area contributed by atoms with Gasteiger partial charge in [-0.05, 0) is 74.0 Å². The van der Waals surface area contributed by atoms with Gasteiger partial charge < -0.3 is 10.2 Å². The number of hydrogen-bond acceptors (Lipinski definition) is 2. The molecule has 0 aliphatic heterocycles. The molecule has 0 fully saturated rings. The van der Waals surface area contributed by atoms with Crippen LogP contribution in [0.3, 0.4) is 0 Å². The largest absolute Gasteiger partial charge is 0.339 e. The maximum atomic E-state index is 12.2. The van der Waals surface area contributed by atoms with Gasteiger partial charge in [0.1, 0.15) is 0 Å². The molecule has 5 heteroatoms. The normalized spacial score (nSPS) is 11.1. The summed E-state index contributed by atoms with van der Waals surface area (Å²) in [6.45, 7) is 4.30. The molecule has 148 valence electrons.